The number of ether oxygens (including phenoxy) is 1. The molecule has 2 aromatic rings. The van der Waals surface area contributed by atoms with E-state index in [1.807, 2.05) is 25.4 Å². The van der Waals surface area contributed by atoms with Gasteiger partial charge in [0.1, 0.15) is 5.75 Å². The molecule has 0 spiro atoms. The van der Waals surface area contributed by atoms with Crippen molar-refractivity contribution < 1.29 is 13.2 Å². The zero-order valence-corrected chi connectivity index (χ0v) is 14.3. The Kier molecular flexibility index (Phi) is 3.80. The number of fused-ring (bicyclic) bond motifs is 1. The molecule has 1 fully saturated rings. The number of rotatable bonds is 5. The van der Waals surface area contributed by atoms with Gasteiger partial charge >= 0.3 is 0 Å². The first-order chi connectivity index (χ1) is 11.5. The van der Waals surface area contributed by atoms with Crippen LogP contribution in [0.3, 0.4) is 0 Å². The van der Waals surface area contributed by atoms with Crippen LogP contribution in [0, 0.1) is 0 Å². The average molecular weight is 348 g/mol. The number of hydrogen-bond donors (Lipinski definition) is 0. The zero-order valence-electron chi connectivity index (χ0n) is 13.5. The maximum absolute atomic E-state index is 12.6. The average Bonchev–Trinajstić information content (AvgIpc) is 3.36. The van der Waals surface area contributed by atoms with Crippen molar-refractivity contribution in [1.29, 1.82) is 0 Å². The van der Waals surface area contributed by atoms with Crippen LogP contribution in [0.15, 0.2) is 30.7 Å². The van der Waals surface area contributed by atoms with Gasteiger partial charge in [0, 0.05) is 38.1 Å². The molecule has 1 atom stereocenters. The predicted molar refractivity (Wildman–Crippen MR) is 88.0 cm³/mol. The van der Waals surface area contributed by atoms with Crippen LogP contribution >= 0.6 is 0 Å². The van der Waals surface area contributed by atoms with Gasteiger partial charge in [-0.2, -0.15) is 9.40 Å². The second-order valence-electron chi connectivity index (χ2n) is 6.45. The highest BCUT2D eigenvalue weighted by Gasteiger charge is 2.43. The molecule has 0 bridgehead atoms. The van der Waals surface area contributed by atoms with E-state index in [1.165, 1.54) is 0 Å². The van der Waals surface area contributed by atoms with Gasteiger partial charge in [-0.25, -0.2) is 8.42 Å². The Hall–Kier alpha value is -1.93. The summed E-state index contributed by atoms with van der Waals surface area (Å²) in [6, 6.07) is 3.65. The summed E-state index contributed by atoms with van der Waals surface area (Å²) >= 11 is 0. The molecule has 3 heterocycles. The number of sulfonamides is 1. The Morgan fingerprint density at radius 1 is 1.38 bits per heavy atom. The van der Waals surface area contributed by atoms with Crippen LogP contribution < -0.4 is 4.74 Å². The molecule has 1 aliphatic carbocycles. The third-order valence-electron chi connectivity index (χ3n) is 4.49. The van der Waals surface area contributed by atoms with E-state index < -0.39 is 10.0 Å². The van der Waals surface area contributed by atoms with Crippen molar-refractivity contribution >= 4 is 10.0 Å². The van der Waals surface area contributed by atoms with Gasteiger partial charge in [0.25, 0.3) is 0 Å². The van der Waals surface area contributed by atoms with Crippen molar-refractivity contribution in [2.45, 2.75) is 30.6 Å². The van der Waals surface area contributed by atoms with Crippen molar-refractivity contribution in [3.05, 3.63) is 42.0 Å². The maximum atomic E-state index is 12.6. The lowest BCUT2D eigenvalue weighted by atomic mass is 9.99. The molecule has 8 heteroatoms. The molecule has 0 saturated heterocycles. The summed E-state index contributed by atoms with van der Waals surface area (Å²) in [5, 5.41) is 4.32. The molecular formula is C16H20N4O3S. The third-order valence-corrected chi connectivity index (χ3v) is 6.80. The van der Waals surface area contributed by atoms with E-state index in [0.29, 0.717) is 25.4 Å². The zero-order chi connectivity index (χ0) is 16.7. The number of pyridine rings is 1. The van der Waals surface area contributed by atoms with Crippen LogP contribution in [0.5, 0.6) is 5.75 Å². The first-order valence-corrected chi connectivity index (χ1v) is 9.58. The number of hydrogen-bond acceptors (Lipinski definition) is 5. The van der Waals surface area contributed by atoms with Crippen LogP contribution in [-0.4, -0.2) is 45.9 Å². The first kappa shape index (κ1) is 15.6. The van der Waals surface area contributed by atoms with E-state index in [2.05, 4.69) is 10.1 Å². The largest absolute Gasteiger partial charge is 0.491 e. The SMILES string of the molecule is Cn1cc2c(n1)C(COc1cccnc1)CN(S(=O)(=O)C1CC1)C2. The number of aryl methyl sites for hydroxylation is 1. The fraction of sp³-hybridized carbons (Fsp3) is 0.500. The van der Waals surface area contributed by atoms with Gasteiger partial charge in [0.2, 0.25) is 10.0 Å². The number of nitrogens with zero attached hydrogens (tertiary/aromatic N) is 4. The van der Waals surface area contributed by atoms with Gasteiger partial charge in [-0.05, 0) is 25.0 Å². The summed E-state index contributed by atoms with van der Waals surface area (Å²) < 4.78 is 34.4. The molecule has 1 unspecified atom stereocenters. The molecule has 0 amide bonds. The summed E-state index contributed by atoms with van der Waals surface area (Å²) in [6.45, 7) is 1.21. The second-order valence-corrected chi connectivity index (χ2v) is 8.66. The highest BCUT2D eigenvalue weighted by Crippen LogP contribution is 2.36. The summed E-state index contributed by atoms with van der Waals surface area (Å²) in [6.07, 6.45) is 6.79. The van der Waals surface area contributed by atoms with Crippen LogP contribution in [0.4, 0.5) is 0 Å². The molecule has 4 rings (SSSR count). The Morgan fingerprint density at radius 3 is 2.92 bits per heavy atom. The van der Waals surface area contributed by atoms with Crippen molar-refractivity contribution in [2.75, 3.05) is 13.2 Å². The molecule has 128 valence electrons. The van der Waals surface area contributed by atoms with E-state index in [4.69, 9.17) is 4.74 Å². The highest BCUT2D eigenvalue weighted by molar-refractivity contribution is 7.90. The van der Waals surface area contributed by atoms with Crippen molar-refractivity contribution in [2.24, 2.45) is 7.05 Å². The van der Waals surface area contributed by atoms with Gasteiger partial charge < -0.3 is 4.74 Å². The van der Waals surface area contributed by atoms with Gasteiger partial charge in [-0.3, -0.25) is 9.67 Å². The standard InChI is InChI=1S/C16H20N4O3S/c1-19-8-12-9-20(24(21,22)15-4-5-15)10-13(16(12)18-19)11-23-14-3-2-6-17-7-14/h2-3,6-8,13,15H,4-5,9-11H2,1H3. The first-order valence-electron chi connectivity index (χ1n) is 8.08. The fourth-order valence-electron chi connectivity index (χ4n) is 3.14. The second kappa shape index (κ2) is 5.86. The predicted octanol–water partition coefficient (Wildman–Crippen LogP) is 1.29. The molecule has 2 aromatic heterocycles. The van der Waals surface area contributed by atoms with Gasteiger partial charge in [0.15, 0.2) is 0 Å². The van der Waals surface area contributed by atoms with Crippen molar-refractivity contribution in [1.82, 2.24) is 19.1 Å². The van der Waals surface area contributed by atoms with Crippen molar-refractivity contribution in [3.63, 3.8) is 0 Å². The molecule has 0 radical (unpaired) electrons. The maximum Gasteiger partial charge on any atom is 0.217 e. The Balaban J connectivity index is 1.57. The van der Waals surface area contributed by atoms with E-state index >= 15 is 0 Å². The van der Waals surface area contributed by atoms with Gasteiger partial charge in [0.05, 0.1) is 29.7 Å². The number of aromatic nitrogens is 3. The minimum absolute atomic E-state index is 0.0799. The molecule has 1 aliphatic heterocycles. The van der Waals surface area contributed by atoms with Gasteiger partial charge in [-0.15, -0.1) is 0 Å². The lowest BCUT2D eigenvalue weighted by molar-refractivity contribution is 0.244. The molecule has 7 nitrogen and oxygen atoms in total. The van der Waals surface area contributed by atoms with Gasteiger partial charge in [-0.1, -0.05) is 0 Å². The minimum Gasteiger partial charge on any atom is -0.491 e. The smallest absolute Gasteiger partial charge is 0.217 e. The molecule has 0 N–H and O–H groups in total. The van der Waals surface area contributed by atoms with E-state index in [0.717, 1.165) is 24.1 Å². The summed E-state index contributed by atoms with van der Waals surface area (Å²) in [5.74, 6) is 0.598. The lowest BCUT2D eigenvalue weighted by Crippen LogP contribution is -2.41. The molecule has 0 aromatic carbocycles. The van der Waals surface area contributed by atoms with Crippen LogP contribution in [-0.2, 0) is 23.6 Å². The summed E-state index contributed by atoms with van der Waals surface area (Å²) in [4.78, 5) is 4.03. The summed E-state index contributed by atoms with van der Waals surface area (Å²) in [5.41, 5.74) is 1.90. The Morgan fingerprint density at radius 2 is 2.21 bits per heavy atom. The Labute approximate surface area is 141 Å². The van der Waals surface area contributed by atoms with Crippen molar-refractivity contribution in [3.8, 4) is 5.75 Å². The van der Waals surface area contributed by atoms with Crippen LogP contribution in [0.2, 0.25) is 0 Å². The fourth-order valence-corrected chi connectivity index (χ4v) is 5.00. The molecular weight excluding hydrogens is 328 g/mol. The van der Waals surface area contributed by atoms with E-state index in [-0.39, 0.29) is 11.2 Å². The van der Waals surface area contributed by atoms with E-state index in [1.54, 1.807) is 21.4 Å². The Bertz CT molecular complexity index is 830. The molecule has 24 heavy (non-hydrogen) atoms. The van der Waals surface area contributed by atoms with Crippen LogP contribution in [0.25, 0.3) is 0 Å². The summed E-state index contributed by atoms with van der Waals surface area (Å²) in [7, 11) is -1.35. The highest BCUT2D eigenvalue weighted by atomic mass is 32.2. The topological polar surface area (TPSA) is 77.3 Å². The van der Waals surface area contributed by atoms with E-state index in [9.17, 15) is 8.42 Å². The lowest BCUT2D eigenvalue weighted by Gasteiger charge is -2.31. The third kappa shape index (κ3) is 2.91. The molecule has 1 saturated carbocycles. The van der Waals surface area contributed by atoms with Crippen LogP contribution in [0.1, 0.15) is 30.0 Å². The molecule has 2 aliphatic rings. The quantitative estimate of drug-likeness (QED) is 0.814. The normalized spacial score (nSPS) is 21.5. The monoisotopic (exact) mass is 348 g/mol. The minimum atomic E-state index is -3.21.